The predicted octanol–water partition coefficient (Wildman–Crippen LogP) is 4.90. The Morgan fingerprint density at radius 1 is 1.07 bits per heavy atom. The topological polar surface area (TPSA) is 59.9 Å². The molecule has 1 aromatic heterocycles. The Kier molecular flexibility index (Phi) is 3.64. The van der Waals surface area contributed by atoms with Crippen LogP contribution in [0.2, 0.25) is 0 Å². The highest BCUT2D eigenvalue weighted by molar-refractivity contribution is 6.20. The van der Waals surface area contributed by atoms with E-state index in [4.69, 9.17) is 0 Å². The van der Waals surface area contributed by atoms with Crippen LogP contribution in [0.5, 0.6) is 0 Å². The number of anilines is 1. The number of carbonyl (C=O) groups excluding carboxylic acids is 1. The number of carbonyl (C=O) groups is 1. The lowest BCUT2D eigenvalue weighted by atomic mass is 9.71. The molecule has 2 aromatic carbocycles. The minimum absolute atomic E-state index is 0.0745. The Hall–Kier alpha value is -3.06. The van der Waals surface area contributed by atoms with Crippen molar-refractivity contribution in [3.05, 3.63) is 64.3 Å². The summed E-state index contributed by atoms with van der Waals surface area (Å²) in [5, 5.41) is 10.1. The summed E-state index contributed by atoms with van der Waals surface area (Å²) in [6.07, 6.45) is 3.76. The number of hydrogen-bond donors (Lipinski definition) is 1. The Labute approximate surface area is 164 Å². The van der Waals surface area contributed by atoms with E-state index in [-0.39, 0.29) is 11.2 Å². The summed E-state index contributed by atoms with van der Waals surface area (Å²) in [4.78, 5) is 19.3. The third-order valence-electron chi connectivity index (χ3n) is 6.42. The van der Waals surface area contributed by atoms with Crippen molar-refractivity contribution in [2.24, 2.45) is 0 Å². The lowest BCUT2D eigenvalue weighted by Crippen LogP contribution is -2.33. The molecular formula is C24H23N3O. The highest BCUT2D eigenvalue weighted by atomic mass is 16.1. The SMILES string of the molecule is CC1(C)c2cc(N3CCCCC3)ccc2C(=O)c2c1[nH]c1cc(C#N)ccc21. The molecule has 0 atom stereocenters. The number of benzene rings is 2. The van der Waals surface area contributed by atoms with Crippen LogP contribution in [0.4, 0.5) is 5.69 Å². The molecule has 4 nitrogen and oxygen atoms in total. The maximum absolute atomic E-state index is 13.4. The zero-order valence-electron chi connectivity index (χ0n) is 16.3. The number of nitriles is 1. The van der Waals surface area contributed by atoms with Crippen LogP contribution in [0, 0.1) is 11.3 Å². The molecule has 0 bridgehead atoms. The van der Waals surface area contributed by atoms with E-state index < -0.39 is 0 Å². The first-order valence-corrected chi connectivity index (χ1v) is 10.0. The molecule has 1 saturated heterocycles. The fraction of sp³-hybridized carbons (Fsp3) is 0.333. The van der Waals surface area contributed by atoms with Gasteiger partial charge in [0.1, 0.15) is 0 Å². The Morgan fingerprint density at radius 3 is 2.61 bits per heavy atom. The molecular weight excluding hydrogens is 346 g/mol. The van der Waals surface area contributed by atoms with Crippen molar-refractivity contribution in [2.75, 3.05) is 18.0 Å². The zero-order chi connectivity index (χ0) is 19.5. The Bertz CT molecular complexity index is 1160. The molecule has 28 heavy (non-hydrogen) atoms. The number of aromatic nitrogens is 1. The van der Waals surface area contributed by atoms with Crippen LogP contribution in [-0.2, 0) is 5.41 Å². The van der Waals surface area contributed by atoms with Crippen molar-refractivity contribution in [1.82, 2.24) is 4.98 Å². The molecule has 1 aliphatic carbocycles. The molecule has 1 aliphatic heterocycles. The largest absolute Gasteiger partial charge is 0.372 e. The van der Waals surface area contributed by atoms with Gasteiger partial charge in [-0.1, -0.05) is 19.9 Å². The number of hydrogen-bond acceptors (Lipinski definition) is 3. The first-order chi connectivity index (χ1) is 13.5. The minimum Gasteiger partial charge on any atom is -0.372 e. The van der Waals surface area contributed by atoms with Gasteiger partial charge in [0.05, 0.1) is 17.2 Å². The molecule has 1 fully saturated rings. The number of nitrogens with one attached hydrogen (secondary N) is 1. The van der Waals surface area contributed by atoms with Gasteiger partial charge in [0, 0.05) is 46.4 Å². The Morgan fingerprint density at radius 2 is 1.86 bits per heavy atom. The van der Waals surface area contributed by atoms with Gasteiger partial charge in [0.2, 0.25) is 0 Å². The normalized spacial score (nSPS) is 17.9. The van der Waals surface area contributed by atoms with Crippen LogP contribution in [0.3, 0.4) is 0 Å². The molecule has 2 aliphatic rings. The van der Waals surface area contributed by atoms with E-state index in [9.17, 15) is 10.1 Å². The predicted molar refractivity (Wildman–Crippen MR) is 111 cm³/mol. The van der Waals surface area contributed by atoms with Crippen molar-refractivity contribution < 1.29 is 4.79 Å². The number of rotatable bonds is 1. The number of aromatic amines is 1. The third kappa shape index (κ3) is 2.32. The quantitative estimate of drug-likeness (QED) is 0.664. The smallest absolute Gasteiger partial charge is 0.195 e. The van der Waals surface area contributed by atoms with Crippen LogP contribution in [0.1, 0.15) is 65.9 Å². The molecule has 3 aromatic rings. The molecule has 0 amide bonds. The maximum atomic E-state index is 13.4. The zero-order valence-corrected chi connectivity index (χ0v) is 16.3. The highest BCUT2D eigenvalue weighted by Gasteiger charge is 2.40. The van der Waals surface area contributed by atoms with Gasteiger partial charge < -0.3 is 9.88 Å². The summed E-state index contributed by atoms with van der Waals surface area (Å²) in [5.74, 6) is 0.0745. The molecule has 2 heterocycles. The average molecular weight is 369 g/mol. The third-order valence-corrected chi connectivity index (χ3v) is 6.42. The van der Waals surface area contributed by atoms with E-state index in [1.807, 2.05) is 18.2 Å². The molecule has 1 N–H and O–H groups in total. The first kappa shape index (κ1) is 17.1. The van der Waals surface area contributed by atoms with Crippen LogP contribution in [0.25, 0.3) is 10.9 Å². The van der Waals surface area contributed by atoms with Gasteiger partial charge >= 0.3 is 0 Å². The molecule has 4 heteroatoms. The maximum Gasteiger partial charge on any atom is 0.195 e. The van der Waals surface area contributed by atoms with E-state index in [0.717, 1.165) is 46.4 Å². The number of piperidine rings is 1. The van der Waals surface area contributed by atoms with Gasteiger partial charge in [-0.25, -0.2) is 0 Å². The second-order valence-electron chi connectivity index (χ2n) is 8.48. The Balaban J connectivity index is 1.69. The van der Waals surface area contributed by atoms with Crippen molar-refractivity contribution in [1.29, 1.82) is 5.26 Å². The fourth-order valence-corrected chi connectivity index (χ4v) is 4.84. The summed E-state index contributed by atoms with van der Waals surface area (Å²) in [5.41, 5.74) is 5.94. The van der Waals surface area contributed by atoms with Crippen molar-refractivity contribution in [3.63, 3.8) is 0 Å². The second kappa shape index (κ2) is 5.97. The van der Waals surface area contributed by atoms with Crippen LogP contribution in [0.15, 0.2) is 36.4 Å². The van der Waals surface area contributed by atoms with Gasteiger partial charge in [0.15, 0.2) is 5.78 Å². The number of H-pyrrole nitrogens is 1. The standard InChI is InChI=1S/C24H23N3O/c1-24(2)19-13-16(27-10-4-3-5-11-27)7-9-17(19)22(28)21-18-8-6-15(14-25)12-20(18)26-23(21)24/h6-9,12-13,26H,3-5,10-11H2,1-2H3. The molecule has 140 valence electrons. The number of nitrogens with zero attached hydrogens (tertiary/aromatic N) is 2. The van der Waals surface area contributed by atoms with Gasteiger partial charge in [-0.3, -0.25) is 4.79 Å². The molecule has 0 saturated carbocycles. The van der Waals surface area contributed by atoms with Crippen LogP contribution in [-0.4, -0.2) is 23.9 Å². The van der Waals surface area contributed by atoms with Crippen molar-refractivity contribution in [3.8, 4) is 6.07 Å². The van der Waals surface area contributed by atoms with Crippen molar-refractivity contribution in [2.45, 2.75) is 38.5 Å². The summed E-state index contributed by atoms with van der Waals surface area (Å²) < 4.78 is 0. The fourth-order valence-electron chi connectivity index (χ4n) is 4.84. The summed E-state index contributed by atoms with van der Waals surface area (Å²) >= 11 is 0. The summed E-state index contributed by atoms with van der Waals surface area (Å²) in [6.45, 7) is 6.53. The summed E-state index contributed by atoms with van der Waals surface area (Å²) in [7, 11) is 0. The monoisotopic (exact) mass is 369 g/mol. The number of ketones is 1. The lowest BCUT2D eigenvalue weighted by Gasteiger charge is -2.35. The van der Waals surface area contributed by atoms with E-state index in [0.29, 0.717) is 5.56 Å². The average Bonchev–Trinajstić information content (AvgIpc) is 3.12. The van der Waals surface area contributed by atoms with E-state index in [1.54, 1.807) is 6.07 Å². The van der Waals surface area contributed by atoms with Gasteiger partial charge in [-0.05, 0) is 55.2 Å². The van der Waals surface area contributed by atoms with Crippen molar-refractivity contribution >= 4 is 22.4 Å². The molecule has 0 spiro atoms. The van der Waals surface area contributed by atoms with E-state index in [2.05, 4.69) is 41.9 Å². The summed E-state index contributed by atoms with van der Waals surface area (Å²) in [6, 6.07) is 14.0. The first-order valence-electron chi connectivity index (χ1n) is 10.0. The minimum atomic E-state index is -0.309. The van der Waals surface area contributed by atoms with Crippen LogP contribution < -0.4 is 4.90 Å². The van der Waals surface area contributed by atoms with E-state index in [1.165, 1.54) is 24.9 Å². The van der Waals surface area contributed by atoms with E-state index >= 15 is 0 Å². The number of fused-ring (bicyclic) bond motifs is 4. The second-order valence-corrected chi connectivity index (χ2v) is 8.48. The highest BCUT2D eigenvalue weighted by Crippen LogP contribution is 2.44. The lowest BCUT2D eigenvalue weighted by molar-refractivity contribution is 0.103. The molecule has 0 unspecified atom stereocenters. The molecule has 0 radical (unpaired) electrons. The van der Waals surface area contributed by atoms with Gasteiger partial charge in [-0.2, -0.15) is 5.26 Å². The van der Waals surface area contributed by atoms with Gasteiger partial charge in [0.25, 0.3) is 0 Å². The van der Waals surface area contributed by atoms with Gasteiger partial charge in [-0.15, -0.1) is 0 Å². The van der Waals surface area contributed by atoms with Crippen LogP contribution >= 0.6 is 0 Å². The molecule has 5 rings (SSSR count).